The zero-order valence-corrected chi connectivity index (χ0v) is 10.4. The molecule has 0 radical (unpaired) electrons. The molecule has 0 amide bonds. The van der Waals surface area contributed by atoms with E-state index in [1.54, 1.807) is 12.1 Å². The lowest BCUT2D eigenvalue weighted by atomic mass is 10.2. The third-order valence-electron chi connectivity index (χ3n) is 3.64. The first-order valence-corrected chi connectivity index (χ1v) is 6.65. The summed E-state index contributed by atoms with van der Waals surface area (Å²) in [6, 6.07) is 5.97. The van der Waals surface area contributed by atoms with Gasteiger partial charge in [0.1, 0.15) is 5.69 Å². The molecule has 1 aromatic rings. The Morgan fingerprint density at radius 3 is 2.72 bits per heavy atom. The first kappa shape index (κ1) is 11.7. The lowest BCUT2D eigenvalue weighted by molar-refractivity contribution is 0.0690. The monoisotopic (exact) mass is 246 g/mol. The Morgan fingerprint density at radius 1 is 1.33 bits per heavy atom. The second-order valence-electron chi connectivity index (χ2n) is 5.42. The van der Waals surface area contributed by atoms with E-state index in [1.165, 1.54) is 25.7 Å². The van der Waals surface area contributed by atoms with Gasteiger partial charge in [-0.15, -0.1) is 0 Å². The van der Waals surface area contributed by atoms with E-state index in [0.717, 1.165) is 24.7 Å². The number of hydrogen-bond donors (Lipinski definition) is 1. The van der Waals surface area contributed by atoms with Crippen LogP contribution in [0.4, 0.5) is 0 Å². The van der Waals surface area contributed by atoms with Crippen LogP contribution in [-0.4, -0.2) is 33.5 Å². The molecule has 96 valence electrons. The maximum Gasteiger partial charge on any atom is 0.354 e. The minimum atomic E-state index is -0.947. The van der Waals surface area contributed by atoms with Crippen molar-refractivity contribution in [1.29, 1.82) is 0 Å². The third kappa shape index (κ3) is 2.88. The number of hydrogen-bond acceptors (Lipinski definition) is 3. The van der Waals surface area contributed by atoms with Crippen molar-refractivity contribution in [2.45, 2.75) is 38.3 Å². The summed E-state index contributed by atoms with van der Waals surface area (Å²) in [6.45, 7) is 1.95. The fourth-order valence-electron chi connectivity index (χ4n) is 2.31. The van der Waals surface area contributed by atoms with Crippen molar-refractivity contribution in [3.63, 3.8) is 0 Å². The maximum absolute atomic E-state index is 10.9. The molecule has 0 atom stereocenters. The smallest absolute Gasteiger partial charge is 0.354 e. The summed E-state index contributed by atoms with van der Waals surface area (Å²) in [4.78, 5) is 17.6. The number of pyridine rings is 1. The van der Waals surface area contributed by atoms with Crippen molar-refractivity contribution >= 4 is 5.97 Å². The molecule has 0 spiro atoms. The summed E-state index contributed by atoms with van der Waals surface area (Å²) in [5, 5.41) is 8.94. The van der Waals surface area contributed by atoms with E-state index in [2.05, 4.69) is 9.88 Å². The van der Waals surface area contributed by atoms with E-state index < -0.39 is 5.97 Å². The van der Waals surface area contributed by atoms with E-state index in [-0.39, 0.29) is 5.69 Å². The highest BCUT2D eigenvalue weighted by Crippen LogP contribution is 2.35. The lowest BCUT2D eigenvalue weighted by Crippen LogP contribution is -2.28. The van der Waals surface area contributed by atoms with E-state index in [0.29, 0.717) is 6.04 Å². The molecule has 1 N–H and O–H groups in total. The van der Waals surface area contributed by atoms with Gasteiger partial charge in [-0.25, -0.2) is 9.78 Å². The highest BCUT2D eigenvalue weighted by molar-refractivity contribution is 5.85. The molecule has 1 aromatic heterocycles. The molecule has 2 aliphatic rings. The van der Waals surface area contributed by atoms with Gasteiger partial charge < -0.3 is 5.11 Å². The third-order valence-corrected chi connectivity index (χ3v) is 3.64. The summed E-state index contributed by atoms with van der Waals surface area (Å²) >= 11 is 0. The second-order valence-corrected chi connectivity index (χ2v) is 5.42. The predicted molar refractivity (Wildman–Crippen MR) is 67.4 cm³/mol. The van der Waals surface area contributed by atoms with Crippen LogP contribution in [0.25, 0.3) is 0 Å². The SMILES string of the molecule is O=C(O)c1cccc(CN(CC2CC2)C2CC2)n1. The van der Waals surface area contributed by atoms with Crippen molar-refractivity contribution in [1.82, 2.24) is 9.88 Å². The van der Waals surface area contributed by atoms with E-state index in [9.17, 15) is 4.79 Å². The van der Waals surface area contributed by atoms with Gasteiger partial charge in [-0.3, -0.25) is 4.90 Å². The molecule has 3 rings (SSSR count). The van der Waals surface area contributed by atoms with Gasteiger partial charge >= 0.3 is 5.97 Å². The fraction of sp³-hybridized carbons (Fsp3) is 0.571. The molecule has 18 heavy (non-hydrogen) atoms. The van der Waals surface area contributed by atoms with Crippen molar-refractivity contribution < 1.29 is 9.90 Å². The molecule has 1 heterocycles. The topological polar surface area (TPSA) is 53.4 Å². The Labute approximate surface area is 107 Å². The Hall–Kier alpha value is -1.42. The molecule has 0 bridgehead atoms. The van der Waals surface area contributed by atoms with Crippen LogP contribution in [0.3, 0.4) is 0 Å². The number of carboxylic acid groups (broad SMARTS) is 1. The standard InChI is InChI=1S/C14H18N2O2/c17-14(18)13-3-1-2-11(15-13)9-16(12-6-7-12)8-10-4-5-10/h1-3,10,12H,4-9H2,(H,17,18). The van der Waals surface area contributed by atoms with Crippen LogP contribution in [0, 0.1) is 5.92 Å². The lowest BCUT2D eigenvalue weighted by Gasteiger charge is -2.21. The molecule has 0 saturated heterocycles. The van der Waals surface area contributed by atoms with Gasteiger partial charge in [-0.05, 0) is 43.7 Å². The van der Waals surface area contributed by atoms with Gasteiger partial charge in [-0.1, -0.05) is 6.07 Å². The molecule has 0 aromatic carbocycles. The largest absolute Gasteiger partial charge is 0.477 e. The molecule has 0 aliphatic heterocycles. The summed E-state index contributed by atoms with van der Waals surface area (Å²) in [5.74, 6) is -0.0785. The number of carboxylic acids is 1. The average molecular weight is 246 g/mol. The highest BCUT2D eigenvalue weighted by atomic mass is 16.4. The fourth-order valence-corrected chi connectivity index (χ4v) is 2.31. The second kappa shape index (κ2) is 4.69. The molecule has 4 heteroatoms. The van der Waals surface area contributed by atoms with Crippen molar-refractivity contribution in [2.24, 2.45) is 5.92 Å². The first-order chi connectivity index (χ1) is 8.72. The van der Waals surface area contributed by atoms with Crippen molar-refractivity contribution in [3.05, 3.63) is 29.6 Å². The van der Waals surface area contributed by atoms with Crippen molar-refractivity contribution in [2.75, 3.05) is 6.54 Å². The van der Waals surface area contributed by atoms with Gasteiger partial charge in [0.2, 0.25) is 0 Å². The summed E-state index contributed by atoms with van der Waals surface area (Å²) in [6.07, 6.45) is 5.27. The number of aromatic nitrogens is 1. The first-order valence-electron chi connectivity index (χ1n) is 6.65. The maximum atomic E-state index is 10.9. The van der Waals surface area contributed by atoms with Crippen LogP contribution in [0.15, 0.2) is 18.2 Å². The average Bonchev–Trinajstić information content (AvgIpc) is 3.22. The van der Waals surface area contributed by atoms with E-state index in [4.69, 9.17) is 5.11 Å². The Kier molecular flexibility index (Phi) is 3.04. The van der Waals surface area contributed by atoms with E-state index >= 15 is 0 Å². The van der Waals surface area contributed by atoms with Gasteiger partial charge in [0.15, 0.2) is 0 Å². The van der Waals surface area contributed by atoms with Gasteiger partial charge in [-0.2, -0.15) is 0 Å². The van der Waals surface area contributed by atoms with Crippen LogP contribution < -0.4 is 0 Å². The Morgan fingerprint density at radius 2 is 2.11 bits per heavy atom. The predicted octanol–water partition coefficient (Wildman–Crippen LogP) is 2.15. The van der Waals surface area contributed by atoms with Crippen molar-refractivity contribution in [3.8, 4) is 0 Å². The number of aromatic carboxylic acids is 1. The minimum absolute atomic E-state index is 0.148. The molecular formula is C14H18N2O2. The molecular weight excluding hydrogens is 228 g/mol. The quantitative estimate of drug-likeness (QED) is 0.835. The number of nitrogens with zero attached hydrogens (tertiary/aromatic N) is 2. The molecule has 4 nitrogen and oxygen atoms in total. The zero-order chi connectivity index (χ0) is 12.5. The zero-order valence-electron chi connectivity index (χ0n) is 10.4. The summed E-state index contributed by atoms with van der Waals surface area (Å²) in [5.41, 5.74) is 1.03. The van der Waals surface area contributed by atoms with E-state index in [1.807, 2.05) is 6.07 Å². The number of carbonyl (C=O) groups is 1. The van der Waals surface area contributed by atoms with Crippen LogP contribution in [0.5, 0.6) is 0 Å². The van der Waals surface area contributed by atoms with Crippen LogP contribution in [0.1, 0.15) is 41.9 Å². The Bertz CT molecular complexity index is 453. The van der Waals surface area contributed by atoms with Crippen LogP contribution >= 0.6 is 0 Å². The van der Waals surface area contributed by atoms with Gasteiger partial charge in [0.05, 0.1) is 5.69 Å². The molecule has 0 unspecified atom stereocenters. The minimum Gasteiger partial charge on any atom is -0.477 e. The van der Waals surface area contributed by atoms with Crippen LogP contribution in [-0.2, 0) is 6.54 Å². The Balaban J connectivity index is 1.68. The van der Waals surface area contributed by atoms with Gasteiger partial charge in [0.25, 0.3) is 0 Å². The summed E-state index contributed by atoms with van der Waals surface area (Å²) < 4.78 is 0. The van der Waals surface area contributed by atoms with Crippen LogP contribution in [0.2, 0.25) is 0 Å². The summed E-state index contributed by atoms with van der Waals surface area (Å²) in [7, 11) is 0. The molecule has 2 fully saturated rings. The molecule has 2 aliphatic carbocycles. The molecule has 2 saturated carbocycles. The normalized spacial score (nSPS) is 19.2. The van der Waals surface area contributed by atoms with Gasteiger partial charge in [0, 0.05) is 19.1 Å². The number of rotatable bonds is 6. The highest BCUT2D eigenvalue weighted by Gasteiger charge is 2.33.